The molecule has 1 unspecified atom stereocenters. The lowest BCUT2D eigenvalue weighted by Gasteiger charge is -2.18. The maximum absolute atomic E-state index is 6.27. The third kappa shape index (κ3) is 2.46. The van der Waals surface area contributed by atoms with Gasteiger partial charge in [-0.05, 0) is 43.3 Å². The van der Waals surface area contributed by atoms with Crippen LogP contribution in [0.15, 0.2) is 24.3 Å². The zero-order chi connectivity index (χ0) is 14.1. The van der Waals surface area contributed by atoms with Gasteiger partial charge in [-0.3, -0.25) is 0 Å². The number of ether oxygens (including phenoxy) is 1. The van der Waals surface area contributed by atoms with Crippen molar-refractivity contribution in [1.82, 2.24) is 5.32 Å². The monoisotopic (exact) mass is 307 g/mol. The Morgan fingerprint density at radius 2 is 2.25 bits per heavy atom. The second kappa shape index (κ2) is 5.76. The predicted molar refractivity (Wildman–Crippen MR) is 85.3 cm³/mol. The van der Waals surface area contributed by atoms with Crippen molar-refractivity contribution in [3.63, 3.8) is 0 Å². The normalized spacial score (nSPS) is 14.9. The van der Waals surface area contributed by atoms with Crippen molar-refractivity contribution in [2.75, 3.05) is 13.7 Å². The number of benzene rings is 1. The van der Waals surface area contributed by atoms with Crippen molar-refractivity contribution < 1.29 is 4.74 Å². The molecular weight excluding hydrogens is 290 g/mol. The van der Waals surface area contributed by atoms with Crippen LogP contribution in [0.4, 0.5) is 0 Å². The number of halogens is 1. The summed E-state index contributed by atoms with van der Waals surface area (Å²) in [5.74, 6) is 1.01. The molecule has 0 spiro atoms. The molecule has 1 aliphatic heterocycles. The molecule has 0 amide bonds. The Bertz CT molecular complexity index is 623. The number of aryl methyl sites for hydroxylation is 1. The molecule has 106 valence electrons. The molecule has 20 heavy (non-hydrogen) atoms. The van der Waals surface area contributed by atoms with Crippen LogP contribution < -0.4 is 10.1 Å². The maximum Gasteiger partial charge on any atom is 0.127 e. The van der Waals surface area contributed by atoms with E-state index in [0.29, 0.717) is 0 Å². The van der Waals surface area contributed by atoms with Crippen LogP contribution in [0.1, 0.15) is 33.8 Å². The van der Waals surface area contributed by atoms with Gasteiger partial charge in [-0.1, -0.05) is 18.5 Å². The zero-order valence-corrected chi connectivity index (χ0v) is 13.3. The molecule has 2 nitrogen and oxygen atoms in total. The van der Waals surface area contributed by atoms with Crippen molar-refractivity contribution in [3.8, 4) is 5.75 Å². The van der Waals surface area contributed by atoms with E-state index < -0.39 is 0 Å². The molecule has 0 saturated heterocycles. The van der Waals surface area contributed by atoms with Crippen LogP contribution in [0, 0.1) is 0 Å². The Morgan fingerprint density at radius 3 is 2.95 bits per heavy atom. The summed E-state index contributed by atoms with van der Waals surface area (Å²) in [7, 11) is 1.98. The molecular formula is C16H18ClNOS. The summed E-state index contributed by atoms with van der Waals surface area (Å²) in [6.45, 7) is 2.94. The van der Waals surface area contributed by atoms with Crippen molar-refractivity contribution in [2.45, 2.75) is 25.8 Å². The molecule has 0 radical (unpaired) electrons. The highest BCUT2D eigenvalue weighted by molar-refractivity contribution is 7.12. The Kier molecular flexibility index (Phi) is 4.01. The summed E-state index contributed by atoms with van der Waals surface area (Å²) in [5, 5.41) is 4.19. The summed E-state index contributed by atoms with van der Waals surface area (Å²) < 4.78 is 5.83. The average Bonchev–Trinajstić information content (AvgIpc) is 3.07. The van der Waals surface area contributed by atoms with Crippen LogP contribution in [0.3, 0.4) is 0 Å². The lowest BCUT2D eigenvalue weighted by Crippen LogP contribution is -2.17. The lowest BCUT2D eigenvalue weighted by atomic mass is 10.0. The smallest absolute Gasteiger partial charge is 0.127 e. The minimum Gasteiger partial charge on any atom is -0.493 e. The van der Waals surface area contributed by atoms with Gasteiger partial charge in [0, 0.05) is 26.8 Å². The van der Waals surface area contributed by atoms with Gasteiger partial charge in [-0.25, -0.2) is 0 Å². The van der Waals surface area contributed by atoms with Crippen LogP contribution in [0.25, 0.3) is 0 Å². The van der Waals surface area contributed by atoms with Crippen molar-refractivity contribution in [1.29, 1.82) is 0 Å². The molecule has 0 saturated carbocycles. The predicted octanol–water partition coefficient (Wildman–Crippen LogP) is 4.21. The van der Waals surface area contributed by atoms with Crippen molar-refractivity contribution >= 4 is 22.9 Å². The van der Waals surface area contributed by atoms with Gasteiger partial charge in [0.25, 0.3) is 0 Å². The van der Waals surface area contributed by atoms with E-state index >= 15 is 0 Å². The number of nitrogens with one attached hydrogen (secondary N) is 1. The second-order valence-corrected chi connectivity index (χ2v) is 6.60. The highest BCUT2D eigenvalue weighted by Gasteiger charge is 2.24. The first kappa shape index (κ1) is 13.9. The topological polar surface area (TPSA) is 21.3 Å². The van der Waals surface area contributed by atoms with E-state index in [1.807, 2.05) is 30.5 Å². The van der Waals surface area contributed by atoms with Gasteiger partial charge in [0.1, 0.15) is 5.75 Å². The molecule has 1 N–H and O–H groups in total. The Morgan fingerprint density at radius 1 is 1.40 bits per heavy atom. The van der Waals surface area contributed by atoms with E-state index in [0.717, 1.165) is 35.8 Å². The van der Waals surface area contributed by atoms with E-state index in [9.17, 15) is 0 Å². The van der Waals surface area contributed by atoms with E-state index in [2.05, 4.69) is 24.4 Å². The molecule has 3 rings (SSSR count). The van der Waals surface area contributed by atoms with E-state index in [1.165, 1.54) is 15.3 Å². The Hall–Kier alpha value is -1.03. The first-order valence-corrected chi connectivity index (χ1v) is 8.13. The van der Waals surface area contributed by atoms with Gasteiger partial charge in [-0.2, -0.15) is 0 Å². The third-order valence-electron chi connectivity index (χ3n) is 3.69. The highest BCUT2D eigenvalue weighted by Crippen LogP contribution is 2.40. The standard InChI is InChI=1S/C16H18ClNOS/c1-3-12-4-5-14(20-12)15(18-2)13-9-11(17)8-10-6-7-19-16(10)13/h4-5,8-9,15,18H,3,6-7H2,1-2H3. The highest BCUT2D eigenvalue weighted by atomic mass is 35.5. The number of rotatable bonds is 4. The first-order chi connectivity index (χ1) is 9.72. The first-order valence-electron chi connectivity index (χ1n) is 6.94. The number of hydrogen-bond acceptors (Lipinski definition) is 3. The molecule has 2 aromatic rings. The molecule has 0 fully saturated rings. The van der Waals surface area contributed by atoms with Crippen LogP contribution in [-0.2, 0) is 12.8 Å². The third-order valence-corrected chi connectivity index (χ3v) is 5.20. The Labute approximate surface area is 128 Å². The summed E-state index contributed by atoms with van der Waals surface area (Å²) in [4.78, 5) is 2.71. The fraction of sp³-hybridized carbons (Fsp3) is 0.375. The van der Waals surface area contributed by atoms with E-state index in [1.54, 1.807) is 0 Å². The summed E-state index contributed by atoms with van der Waals surface area (Å²) in [6.07, 6.45) is 2.02. The molecule has 2 heterocycles. The summed E-state index contributed by atoms with van der Waals surface area (Å²) >= 11 is 8.12. The number of thiophene rings is 1. The van der Waals surface area contributed by atoms with Gasteiger partial charge in [0.15, 0.2) is 0 Å². The molecule has 1 aromatic carbocycles. The molecule has 0 bridgehead atoms. The van der Waals surface area contributed by atoms with Gasteiger partial charge >= 0.3 is 0 Å². The number of hydrogen-bond donors (Lipinski definition) is 1. The van der Waals surface area contributed by atoms with Gasteiger partial charge < -0.3 is 10.1 Å². The summed E-state index contributed by atoms with van der Waals surface area (Å²) in [6, 6.07) is 8.60. The van der Waals surface area contributed by atoms with Crippen LogP contribution in [0.2, 0.25) is 5.02 Å². The Balaban J connectivity index is 2.05. The van der Waals surface area contributed by atoms with Crippen LogP contribution in [-0.4, -0.2) is 13.7 Å². The van der Waals surface area contributed by atoms with Gasteiger partial charge in [0.2, 0.25) is 0 Å². The van der Waals surface area contributed by atoms with Gasteiger partial charge in [0.05, 0.1) is 12.6 Å². The van der Waals surface area contributed by atoms with Crippen LogP contribution >= 0.6 is 22.9 Å². The lowest BCUT2D eigenvalue weighted by molar-refractivity contribution is 0.351. The largest absolute Gasteiger partial charge is 0.493 e. The van der Waals surface area contributed by atoms with Crippen LogP contribution in [0.5, 0.6) is 5.75 Å². The molecule has 4 heteroatoms. The zero-order valence-electron chi connectivity index (χ0n) is 11.7. The second-order valence-electron chi connectivity index (χ2n) is 4.96. The quantitative estimate of drug-likeness (QED) is 0.913. The fourth-order valence-corrected chi connectivity index (χ4v) is 4.03. The minimum atomic E-state index is 0.144. The number of fused-ring (bicyclic) bond motifs is 1. The average molecular weight is 308 g/mol. The summed E-state index contributed by atoms with van der Waals surface area (Å²) in [5.41, 5.74) is 2.37. The molecule has 1 aromatic heterocycles. The van der Waals surface area contributed by atoms with Crippen molar-refractivity contribution in [3.05, 3.63) is 50.2 Å². The SMILES string of the molecule is CCc1ccc(C(NC)c2cc(Cl)cc3c2OCC3)s1. The van der Waals surface area contributed by atoms with E-state index in [4.69, 9.17) is 16.3 Å². The van der Waals surface area contributed by atoms with Gasteiger partial charge in [-0.15, -0.1) is 11.3 Å². The molecule has 1 aliphatic rings. The van der Waals surface area contributed by atoms with Crippen molar-refractivity contribution in [2.24, 2.45) is 0 Å². The van der Waals surface area contributed by atoms with E-state index in [-0.39, 0.29) is 6.04 Å². The molecule has 1 atom stereocenters. The fourth-order valence-electron chi connectivity index (χ4n) is 2.70. The molecule has 0 aliphatic carbocycles. The minimum absolute atomic E-state index is 0.144. The maximum atomic E-state index is 6.27.